The van der Waals surface area contributed by atoms with Crippen LogP contribution >= 0.6 is 0 Å². The van der Waals surface area contributed by atoms with E-state index in [1.54, 1.807) is 0 Å². The van der Waals surface area contributed by atoms with E-state index in [1.807, 2.05) is 6.07 Å². The van der Waals surface area contributed by atoms with Crippen LogP contribution in [-0.2, 0) is 0 Å². The number of hydrogen-bond acceptors (Lipinski definition) is 2. The molecule has 1 aliphatic heterocycles. The molecule has 1 aliphatic rings. The second-order valence-corrected chi connectivity index (χ2v) is 5.23. The average Bonchev–Trinajstić information content (AvgIpc) is 2.37. The highest BCUT2D eigenvalue weighted by Gasteiger charge is 2.27. The van der Waals surface area contributed by atoms with Crippen LogP contribution in [0.3, 0.4) is 0 Å². The van der Waals surface area contributed by atoms with Crippen molar-refractivity contribution in [3.63, 3.8) is 0 Å². The molecule has 0 bridgehead atoms. The fourth-order valence-corrected chi connectivity index (χ4v) is 2.28. The molecule has 0 spiro atoms. The van der Waals surface area contributed by atoms with Crippen LogP contribution in [0.15, 0.2) is 24.3 Å². The summed E-state index contributed by atoms with van der Waals surface area (Å²) in [4.78, 5) is 0. The molecule has 1 aromatic rings. The Morgan fingerprint density at radius 2 is 2.18 bits per heavy atom. The van der Waals surface area contributed by atoms with E-state index in [1.165, 1.54) is 12.0 Å². The maximum Gasteiger partial charge on any atom is 0.124 e. The molecule has 3 atom stereocenters. The molecule has 0 aromatic heterocycles. The van der Waals surface area contributed by atoms with Gasteiger partial charge in [-0.05, 0) is 18.5 Å². The molecule has 0 fully saturated rings. The molecule has 17 heavy (non-hydrogen) atoms. The van der Waals surface area contributed by atoms with E-state index in [-0.39, 0.29) is 0 Å². The maximum atomic E-state index is 5.76. The number of nitrogens with one attached hydrogen (secondary N) is 1. The van der Waals surface area contributed by atoms with Crippen LogP contribution in [0.2, 0.25) is 0 Å². The second-order valence-electron chi connectivity index (χ2n) is 5.23. The van der Waals surface area contributed by atoms with E-state index in [9.17, 15) is 0 Å². The zero-order valence-corrected chi connectivity index (χ0v) is 11.1. The predicted molar refractivity (Wildman–Crippen MR) is 71.3 cm³/mol. The first-order chi connectivity index (χ1) is 8.22. The fourth-order valence-electron chi connectivity index (χ4n) is 2.28. The molecule has 2 heteroatoms. The summed E-state index contributed by atoms with van der Waals surface area (Å²) >= 11 is 0. The Labute approximate surface area is 104 Å². The summed E-state index contributed by atoms with van der Waals surface area (Å²) in [6.45, 7) is 8.69. The van der Waals surface area contributed by atoms with Gasteiger partial charge in [0.15, 0.2) is 0 Å². The van der Waals surface area contributed by atoms with Crippen molar-refractivity contribution >= 4 is 0 Å². The quantitative estimate of drug-likeness (QED) is 0.860. The third-order valence-corrected chi connectivity index (χ3v) is 3.71. The van der Waals surface area contributed by atoms with E-state index in [0.29, 0.717) is 12.0 Å². The zero-order valence-electron chi connectivity index (χ0n) is 11.1. The van der Waals surface area contributed by atoms with Crippen molar-refractivity contribution in [3.8, 4) is 5.75 Å². The van der Waals surface area contributed by atoms with E-state index in [0.717, 1.165) is 24.8 Å². The van der Waals surface area contributed by atoms with Gasteiger partial charge in [-0.25, -0.2) is 0 Å². The van der Waals surface area contributed by atoms with Crippen molar-refractivity contribution in [1.82, 2.24) is 5.32 Å². The third kappa shape index (κ3) is 2.81. The summed E-state index contributed by atoms with van der Waals surface area (Å²) in [5.41, 5.74) is 1.31. The van der Waals surface area contributed by atoms with Gasteiger partial charge in [0.25, 0.3) is 0 Å². The number of ether oxygens (including phenoxy) is 1. The van der Waals surface area contributed by atoms with E-state index >= 15 is 0 Å². The van der Waals surface area contributed by atoms with Gasteiger partial charge in [-0.1, -0.05) is 45.4 Å². The Morgan fingerprint density at radius 3 is 2.94 bits per heavy atom. The average molecular weight is 233 g/mol. The van der Waals surface area contributed by atoms with Crippen molar-refractivity contribution in [2.75, 3.05) is 13.2 Å². The molecular weight excluding hydrogens is 210 g/mol. The molecule has 3 unspecified atom stereocenters. The minimum atomic E-state index is 0.439. The summed E-state index contributed by atoms with van der Waals surface area (Å²) in [5.74, 6) is 2.32. The first-order valence-corrected chi connectivity index (χ1v) is 6.67. The lowest BCUT2D eigenvalue weighted by atomic mass is 9.91. The van der Waals surface area contributed by atoms with Crippen LogP contribution in [0.25, 0.3) is 0 Å². The van der Waals surface area contributed by atoms with Gasteiger partial charge < -0.3 is 10.1 Å². The Morgan fingerprint density at radius 1 is 1.41 bits per heavy atom. The van der Waals surface area contributed by atoms with Gasteiger partial charge in [0.05, 0.1) is 6.61 Å². The lowest BCUT2D eigenvalue weighted by molar-refractivity contribution is 0.185. The normalized spacial score (nSPS) is 24.9. The molecule has 0 radical (unpaired) electrons. The highest BCUT2D eigenvalue weighted by atomic mass is 16.5. The van der Waals surface area contributed by atoms with Crippen LogP contribution in [0.5, 0.6) is 5.75 Å². The van der Waals surface area contributed by atoms with Gasteiger partial charge in [0.2, 0.25) is 0 Å². The minimum Gasteiger partial charge on any atom is -0.493 e. The standard InChI is InChI=1S/C15H23NO/c1-4-11(2)9-16-15-12(3)10-17-14-8-6-5-7-13(14)15/h5-8,11-12,15-16H,4,9-10H2,1-3H3. The first kappa shape index (κ1) is 12.4. The van der Waals surface area contributed by atoms with Crippen LogP contribution in [0.1, 0.15) is 38.8 Å². The lowest BCUT2D eigenvalue weighted by Crippen LogP contribution is -2.36. The van der Waals surface area contributed by atoms with Gasteiger partial charge in [-0.15, -0.1) is 0 Å². The van der Waals surface area contributed by atoms with Crippen LogP contribution in [0, 0.1) is 11.8 Å². The molecule has 1 N–H and O–H groups in total. The van der Waals surface area contributed by atoms with Crippen molar-refractivity contribution in [2.45, 2.75) is 33.2 Å². The number of para-hydroxylation sites is 1. The fraction of sp³-hybridized carbons (Fsp3) is 0.600. The van der Waals surface area contributed by atoms with E-state index in [4.69, 9.17) is 4.74 Å². The Hall–Kier alpha value is -1.02. The number of rotatable bonds is 4. The number of hydrogen-bond donors (Lipinski definition) is 1. The van der Waals surface area contributed by atoms with Gasteiger partial charge >= 0.3 is 0 Å². The van der Waals surface area contributed by atoms with Gasteiger partial charge in [0.1, 0.15) is 5.75 Å². The Bertz CT molecular complexity index is 364. The summed E-state index contributed by atoms with van der Waals surface area (Å²) in [6.07, 6.45) is 1.23. The number of benzene rings is 1. The molecular formula is C15H23NO. The summed E-state index contributed by atoms with van der Waals surface area (Å²) < 4.78 is 5.76. The minimum absolute atomic E-state index is 0.439. The Balaban J connectivity index is 2.10. The van der Waals surface area contributed by atoms with Gasteiger partial charge in [-0.2, -0.15) is 0 Å². The van der Waals surface area contributed by atoms with Gasteiger partial charge in [0, 0.05) is 17.5 Å². The zero-order chi connectivity index (χ0) is 12.3. The SMILES string of the molecule is CCC(C)CNC1c2ccccc2OCC1C. The summed E-state index contributed by atoms with van der Waals surface area (Å²) in [7, 11) is 0. The van der Waals surface area contributed by atoms with Gasteiger partial charge in [-0.3, -0.25) is 0 Å². The monoisotopic (exact) mass is 233 g/mol. The van der Waals surface area contributed by atoms with Crippen molar-refractivity contribution < 1.29 is 4.74 Å². The highest BCUT2D eigenvalue weighted by molar-refractivity contribution is 5.37. The predicted octanol–water partition coefficient (Wildman–Crippen LogP) is 3.39. The second kappa shape index (κ2) is 5.54. The molecule has 0 aliphatic carbocycles. The van der Waals surface area contributed by atoms with Crippen molar-refractivity contribution in [3.05, 3.63) is 29.8 Å². The molecule has 2 rings (SSSR count). The molecule has 1 heterocycles. The maximum absolute atomic E-state index is 5.76. The Kier molecular flexibility index (Phi) is 4.06. The van der Waals surface area contributed by atoms with Crippen LogP contribution in [0.4, 0.5) is 0 Å². The molecule has 0 saturated heterocycles. The van der Waals surface area contributed by atoms with E-state index < -0.39 is 0 Å². The molecule has 2 nitrogen and oxygen atoms in total. The topological polar surface area (TPSA) is 21.3 Å². The van der Waals surface area contributed by atoms with E-state index in [2.05, 4.69) is 44.3 Å². The lowest BCUT2D eigenvalue weighted by Gasteiger charge is -2.33. The number of fused-ring (bicyclic) bond motifs is 1. The molecule has 1 aromatic carbocycles. The molecule has 0 amide bonds. The molecule has 0 saturated carbocycles. The largest absolute Gasteiger partial charge is 0.493 e. The first-order valence-electron chi connectivity index (χ1n) is 6.67. The summed E-state index contributed by atoms with van der Waals surface area (Å²) in [5, 5.41) is 3.70. The highest BCUT2D eigenvalue weighted by Crippen LogP contribution is 2.34. The molecule has 94 valence electrons. The smallest absolute Gasteiger partial charge is 0.124 e. The van der Waals surface area contributed by atoms with Crippen LogP contribution < -0.4 is 10.1 Å². The van der Waals surface area contributed by atoms with Crippen molar-refractivity contribution in [1.29, 1.82) is 0 Å². The van der Waals surface area contributed by atoms with Crippen molar-refractivity contribution in [2.24, 2.45) is 11.8 Å². The third-order valence-electron chi connectivity index (χ3n) is 3.71. The summed E-state index contributed by atoms with van der Waals surface area (Å²) in [6, 6.07) is 8.82. The van der Waals surface area contributed by atoms with Crippen LogP contribution in [-0.4, -0.2) is 13.2 Å².